The average molecular weight is 304 g/mol. The third-order valence-electron chi connectivity index (χ3n) is 3.93. The number of benzene rings is 1. The zero-order valence-electron chi connectivity index (χ0n) is 11.6. The lowest BCUT2D eigenvalue weighted by Crippen LogP contribution is -2.41. The number of nitrogens with two attached hydrogens (primary N) is 1. The Morgan fingerprint density at radius 1 is 1.40 bits per heavy atom. The second-order valence-corrected chi connectivity index (χ2v) is 7.06. The Balaban J connectivity index is 2.36. The van der Waals surface area contributed by atoms with Gasteiger partial charge in [-0.2, -0.15) is 24.9 Å². The molecule has 0 aromatic heterocycles. The molecule has 2 nitrogen and oxygen atoms in total. The summed E-state index contributed by atoms with van der Waals surface area (Å²) >= 11 is 1.83. The van der Waals surface area contributed by atoms with Crippen LogP contribution >= 0.6 is 11.8 Å². The van der Waals surface area contributed by atoms with E-state index in [1.165, 1.54) is 6.07 Å². The topological polar surface area (TPSA) is 38.0 Å². The molecule has 1 heterocycles. The summed E-state index contributed by atoms with van der Waals surface area (Å²) in [6.45, 7) is 3.82. The molecule has 3 N–H and O–H groups in total. The maximum absolute atomic E-state index is 12.7. The molecule has 1 saturated heterocycles. The third-order valence-corrected chi connectivity index (χ3v) is 5.53. The van der Waals surface area contributed by atoms with Crippen molar-refractivity contribution in [2.24, 2.45) is 5.84 Å². The largest absolute Gasteiger partial charge is 0.416 e. The molecule has 1 aromatic rings. The molecule has 0 saturated carbocycles. The highest BCUT2D eigenvalue weighted by atomic mass is 32.2. The van der Waals surface area contributed by atoms with E-state index in [4.69, 9.17) is 5.84 Å². The van der Waals surface area contributed by atoms with E-state index in [2.05, 4.69) is 12.3 Å². The van der Waals surface area contributed by atoms with Crippen LogP contribution in [0.3, 0.4) is 0 Å². The maximum Gasteiger partial charge on any atom is 0.416 e. The number of thioether (sulfide) groups is 1. The minimum Gasteiger partial charge on any atom is -0.271 e. The van der Waals surface area contributed by atoms with Crippen LogP contribution in [0.2, 0.25) is 0 Å². The number of hydrazine groups is 1. The van der Waals surface area contributed by atoms with Gasteiger partial charge in [-0.25, -0.2) is 0 Å². The van der Waals surface area contributed by atoms with E-state index in [-0.39, 0.29) is 10.8 Å². The standard InChI is InChI=1S/C14H19F3N2S/c1-9-8-10(14(15,16)17)4-5-11(9)12(19-18)13(2)6-3-7-20-13/h4-5,8,12,19H,3,6-7,18H2,1-2H3. The van der Waals surface area contributed by atoms with Gasteiger partial charge in [0.2, 0.25) is 0 Å². The first-order valence-corrected chi connectivity index (χ1v) is 7.54. The van der Waals surface area contributed by atoms with Crippen LogP contribution in [0.15, 0.2) is 18.2 Å². The molecule has 2 atom stereocenters. The van der Waals surface area contributed by atoms with Gasteiger partial charge in [0.1, 0.15) is 0 Å². The lowest BCUT2D eigenvalue weighted by molar-refractivity contribution is -0.137. The highest BCUT2D eigenvalue weighted by Crippen LogP contribution is 2.47. The molecule has 0 radical (unpaired) electrons. The summed E-state index contributed by atoms with van der Waals surface area (Å²) in [6, 6.07) is 3.74. The van der Waals surface area contributed by atoms with Crippen molar-refractivity contribution in [1.82, 2.24) is 5.43 Å². The zero-order chi connectivity index (χ0) is 15.0. The monoisotopic (exact) mass is 304 g/mol. The second-order valence-electron chi connectivity index (χ2n) is 5.43. The van der Waals surface area contributed by atoms with Crippen LogP contribution < -0.4 is 11.3 Å². The van der Waals surface area contributed by atoms with Gasteiger partial charge in [0.25, 0.3) is 0 Å². The summed E-state index contributed by atoms with van der Waals surface area (Å²) < 4.78 is 38.1. The zero-order valence-corrected chi connectivity index (χ0v) is 12.4. The summed E-state index contributed by atoms with van der Waals surface area (Å²) in [5.74, 6) is 6.74. The molecule has 6 heteroatoms. The molecule has 2 rings (SSSR count). The van der Waals surface area contributed by atoms with Gasteiger partial charge >= 0.3 is 6.18 Å². The molecule has 0 aliphatic carbocycles. The molecule has 1 fully saturated rings. The molecular weight excluding hydrogens is 285 g/mol. The number of hydrogen-bond donors (Lipinski definition) is 2. The summed E-state index contributed by atoms with van der Waals surface area (Å²) in [7, 11) is 0. The quantitative estimate of drug-likeness (QED) is 0.659. The summed E-state index contributed by atoms with van der Waals surface area (Å²) in [5, 5.41) is 0. The fourth-order valence-corrected chi connectivity index (χ4v) is 4.20. The molecule has 0 amide bonds. The van der Waals surface area contributed by atoms with E-state index in [1.807, 2.05) is 11.8 Å². The smallest absolute Gasteiger partial charge is 0.271 e. The number of rotatable bonds is 3. The predicted octanol–water partition coefficient (Wildman–Crippen LogP) is 3.80. The molecular formula is C14H19F3N2S. The van der Waals surface area contributed by atoms with Crippen LogP contribution in [0.5, 0.6) is 0 Å². The van der Waals surface area contributed by atoms with Crippen molar-refractivity contribution in [2.45, 2.75) is 43.7 Å². The summed E-state index contributed by atoms with van der Waals surface area (Å²) in [5.41, 5.74) is 3.65. The van der Waals surface area contributed by atoms with E-state index in [9.17, 15) is 13.2 Å². The van der Waals surface area contributed by atoms with Crippen LogP contribution in [-0.2, 0) is 6.18 Å². The van der Waals surface area contributed by atoms with Crippen molar-refractivity contribution in [3.8, 4) is 0 Å². The number of nitrogens with one attached hydrogen (secondary N) is 1. The normalized spacial score (nSPS) is 24.9. The van der Waals surface area contributed by atoms with Crippen molar-refractivity contribution < 1.29 is 13.2 Å². The predicted molar refractivity (Wildman–Crippen MR) is 76.3 cm³/mol. The summed E-state index contributed by atoms with van der Waals surface area (Å²) in [6.07, 6.45) is -2.19. The van der Waals surface area contributed by atoms with E-state index >= 15 is 0 Å². The average Bonchev–Trinajstić information content (AvgIpc) is 2.78. The van der Waals surface area contributed by atoms with Gasteiger partial charge in [-0.05, 0) is 55.7 Å². The van der Waals surface area contributed by atoms with Gasteiger partial charge in [0.05, 0.1) is 11.6 Å². The third kappa shape index (κ3) is 2.97. The molecule has 112 valence electrons. The molecule has 2 unspecified atom stereocenters. The van der Waals surface area contributed by atoms with Crippen LogP contribution in [-0.4, -0.2) is 10.5 Å². The van der Waals surface area contributed by atoms with E-state index in [0.29, 0.717) is 5.56 Å². The Kier molecular flexibility index (Phi) is 4.37. The SMILES string of the molecule is Cc1cc(C(F)(F)F)ccc1C(NN)C1(C)CCCS1. The van der Waals surface area contributed by atoms with Gasteiger partial charge in [-0.3, -0.25) is 11.3 Å². The van der Waals surface area contributed by atoms with Crippen molar-refractivity contribution in [3.63, 3.8) is 0 Å². The van der Waals surface area contributed by atoms with Crippen molar-refractivity contribution in [3.05, 3.63) is 34.9 Å². The lowest BCUT2D eigenvalue weighted by atomic mass is 9.88. The maximum atomic E-state index is 12.7. The minimum absolute atomic E-state index is 0.0702. The van der Waals surface area contributed by atoms with Gasteiger partial charge < -0.3 is 0 Å². The molecule has 0 bridgehead atoms. The highest BCUT2D eigenvalue weighted by molar-refractivity contribution is 8.00. The molecule has 1 aliphatic rings. The fourth-order valence-electron chi connectivity index (χ4n) is 2.80. The van der Waals surface area contributed by atoms with Gasteiger partial charge in [-0.15, -0.1) is 0 Å². The van der Waals surface area contributed by atoms with Crippen molar-refractivity contribution >= 4 is 11.8 Å². The van der Waals surface area contributed by atoms with Crippen LogP contribution in [0.1, 0.15) is 42.5 Å². The van der Waals surface area contributed by atoms with Crippen LogP contribution in [0.25, 0.3) is 0 Å². The first-order chi connectivity index (χ1) is 9.28. The molecule has 0 spiro atoms. The fraction of sp³-hybridized carbons (Fsp3) is 0.571. The Labute approximate surface area is 121 Å². The Hall–Kier alpha value is -0.720. The highest BCUT2D eigenvalue weighted by Gasteiger charge is 2.39. The van der Waals surface area contributed by atoms with Crippen LogP contribution in [0.4, 0.5) is 13.2 Å². The molecule has 20 heavy (non-hydrogen) atoms. The second kappa shape index (κ2) is 5.58. The number of hydrogen-bond acceptors (Lipinski definition) is 3. The van der Waals surface area contributed by atoms with Gasteiger partial charge in [-0.1, -0.05) is 6.07 Å². The lowest BCUT2D eigenvalue weighted by Gasteiger charge is -2.34. The Morgan fingerprint density at radius 3 is 2.55 bits per heavy atom. The Morgan fingerprint density at radius 2 is 2.10 bits per heavy atom. The van der Waals surface area contributed by atoms with Crippen LogP contribution in [0, 0.1) is 6.92 Å². The minimum atomic E-state index is -4.30. The van der Waals surface area contributed by atoms with E-state index in [0.717, 1.165) is 30.2 Å². The number of aryl methyl sites for hydroxylation is 1. The Bertz CT molecular complexity index is 482. The summed E-state index contributed by atoms with van der Waals surface area (Å²) in [4.78, 5) is 0. The number of alkyl halides is 3. The first kappa shape index (κ1) is 15.7. The van der Waals surface area contributed by atoms with Gasteiger partial charge in [0.15, 0.2) is 0 Å². The van der Waals surface area contributed by atoms with E-state index < -0.39 is 11.7 Å². The van der Waals surface area contributed by atoms with Crippen molar-refractivity contribution in [2.75, 3.05) is 5.75 Å². The van der Waals surface area contributed by atoms with Crippen molar-refractivity contribution in [1.29, 1.82) is 0 Å². The molecule has 1 aliphatic heterocycles. The van der Waals surface area contributed by atoms with E-state index in [1.54, 1.807) is 13.0 Å². The first-order valence-electron chi connectivity index (χ1n) is 6.56. The van der Waals surface area contributed by atoms with Gasteiger partial charge in [0, 0.05) is 4.75 Å². The number of halogens is 3. The molecule has 1 aromatic carbocycles.